The molecule has 0 spiro atoms. The van der Waals surface area contributed by atoms with Crippen molar-refractivity contribution in [3.63, 3.8) is 0 Å². The summed E-state index contributed by atoms with van der Waals surface area (Å²) in [4.78, 5) is 11.7. The van der Waals surface area contributed by atoms with Gasteiger partial charge in [-0.25, -0.2) is 0 Å². The summed E-state index contributed by atoms with van der Waals surface area (Å²) in [7, 11) is 0.347. The van der Waals surface area contributed by atoms with Crippen LogP contribution in [0, 0.1) is 0 Å². The molecular formula is C16H23NO3S. The summed E-state index contributed by atoms with van der Waals surface area (Å²) in [5, 5.41) is 3.24. The minimum atomic E-state index is -1.01. The Morgan fingerprint density at radius 2 is 1.86 bits per heavy atom. The fraction of sp³-hybridized carbons (Fsp3) is 0.562. The highest BCUT2D eigenvalue weighted by Gasteiger charge is 2.31. The van der Waals surface area contributed by atoms with Crippen LogP contribution in [0.15, 0.2) is 24.3 Å². The van der Waals surface area contributed by atoms with Crippen LogP contribution in [0.25, 0.3) is 0 Å². The summed E-state index contributed by atoms with van der Waals surface area (Å²) in [6, 6.07) is 7.74. The molecule has 0 aromatic heterocycles. The second kappa shape index (κ2) is 6.28. The van der Waals surface area contributed by atoms with Crippen LogP contribution in [-0.4, -0.2) is 34.8 Å². The predicted octanol–water partition coefficient (Wildman–Crippen LogP) is 1.92. The summed E-state index contributed by atoms with van der Waals surface area (Å²) in [5.74, 6) is 0.505. The third kappa shape index (κ3) is 3.92. The van der Waals surface area contributed by atoms with Crippen molar-refractivity contribution in [2.45, 2.75) is 38.3 Å². The number of nitrogens with one attached hydrogen (secondary N) is 1. The minimum Gasteiger partial charge on any atom is -0.468 e. The van der Waals surface area contributed by atoms with Crippen molar-refractivity contribution in [1.29, 1.82) is 0 Å². The molecule has 1 aromatic carbocycles. The molecule has 3 unspecified atom stereocenters. The highest BCUT2D eigenvalue weighted by Crippen LogP contribution is 2.25. The van der Waals surface area contributed by atoms with Crippen molar-refractivity contribution in [2.75, 3.05) is 18.6 Å². The Kier molecular flexibility index (Phi) is 4.84. The van der Waals surface area contributed by atoms with Gasteiger partial charge in [-0.1, -0.05) is 45.0 Å². The first-order valence-corrected chi connectivity index (χ1v) is 8.59. The van der Waals surface area contributed by atoms with Crippen LogP contribution < -0.4 is 5.32 Å². The van der Waals surface area contributed by atoms with Gasteiger partial charge in [0.2, 0.25) is 0 Å². The van der Waals surface area contributed by atoms with E-state index in [1.165, 1.54) is 12.7 Å². The molecule has 0 aliphatic carbocycles. The Morgan fingerprint density at radius 3 is 2.38 bits per heavy atom. The van der Waals surface area contributed by atoms with E-state index in [2.05, 4.69) is 50.4 Å². The maximum Gasteiger partial charge on any atom is 0.323 e. The SMILES string of the molecule is COC(=O)C1CS(=O)CC(c2ccc(C(C)(C)C)cc2)N1. The molecular weight excluding hydrogens is 286 g/mol. The van der Waals surface area contributed by atoms with Gasteiger partial charge in [0.25, 0.3) is 0 Å². The highest BCUT2D eigenvalue weighted by molar-refractivity contribution is 7.85. The van der Waals surface area contributed by atoms with Crippen molar-refractivity contribution in [2.24, 2.45) is 0 Å². The van der Waals surface area contributed by atoms with Crippen LogP contribution in [-0.2, 0) is 25.7 Å². The van der Waals surface area contributed by atoms with Gasteiger partial charge in [0.15, 0.2) is 0 Å². The number of carbonyl (C=O) groups is 1. The summed E-state index contributed by atoms with van der Waals surface area (Å²) in [5.41, 5.74) is 2.42. The van der Waals surface area contributed by atoms with E-state index in [0.717, 1.165) is 5.56 Å². The number of hydrogen-bond acceptors (Lipinski definition) is 4. The number of carbonyl (C=O) groups excluding carboxylic acids is 1. The van der Waals surface area contributed by atoms with Gasteiger partial charge in [-0.3, -0.25) is 14.3 Å². The molecule has 4 nitrogen and oxygen atoms in total. The van der Waals surface area contributed by atoms with Crippen LogP contribution in [0.5, 0.6) is 0 Å². The summed E-state index contributed by atoms with van der Waals surface area (Å²) in [6.45, 7) is 6.51. The molecule has 2 rings (SSSR count). The van der Waals surface area contributed by atoms with E-state index in [-0.39, 0.29) is 17.4 Å². The Bertz CT molecular complexity index is 533. The maximum absolute atomic E-state index is 12.0. The van der Waals surface area contributed by atoms with Gasteiger partial charge in [0, 0.05) is 28.3 Å². The van der Waals surface area contributed by atoms with Crippen molar-refractivity contribution < 1.29 is 13.7 Å². The lowest BCUT2D eigenvalue weighted by molar-refractivity contribution is -0.142. The van der Waals surface area contributed by atoms with Crippen molar-refractivity contribution in [3.05, 3.63) is 35.4 Å². The smallest absolute Gasteiger partial charge is 0.323 e. The van der Waals surface area contributed by atoms with Crippen molar-refractivity contribution >= 4 is 16.8 Å². The standard InChI is InChI=1S/C16H23NO3S/c1-16(2,3)12-7-5-11(6-8-12)13-9-21(19)10-14(17-13)15(18)20-4/h5-8,13-14,17H,9-10H2,1-4H3. The maximum atomic E-state index is 12.0. The first-order chi connectivity index (χ1) is 9.81. The van der Waals surface area contributed by atoms with E-state index in [0.29, 0.717) is 11.5 Å². The molecule has 0 amide bonds. The zero-order valence-corrected chi connectivity index (χ0v) is 13.8. The molecule has 1 N–H and O–H groups in total. The van der Waals surface area contributed by atoms with Gasteiger partial charge < -0.3 is 4.74 Å². The normalized spacial score (nSPS) is 26.4. The first kappa shape index (κ1) is 16.2. The second-order valence-electron chi connectivity index (χ2n) is 6.44. The van der Waals surface area contributed by atoms with Gasteiger partial charge in [0.1, 0.15) is 6.04 Å². The van der Waals surface area contributed by atoms with E-state index < -0.39 is 16.8 Å². The molecule has 1 aromatic rings. The topological polar surface area (TPSA) is 55.4 Å². The number of esters is 1. The summed E-state index contributed by atoms with van der Waals surface area (Å²) < 4.78 is 16.7. The molecule has 116 valence electrons. The Morgan fingerprint density at radius 1 is 1.24 bits per heavy atom. The number of methoxy groups -OCH3 is 1. The van der Waals surface area contributed by atoms with Crippen LogP contribution >= 0.6 is 0 Å². The molecule has 1 aliphatic rings. The van der Waals surface area contributed by atoms with Crippen LogP contribution in [0.1, 0.15) is 37.9 Å². The van der Waals surface area contributed by atoms with E-state index in [4.69, 9.17) is 4.74 Å². The van der Waals surface area contributed by atoms with Gasteiger partial charge in [-0.2, -0.15) is 0 Å². The summed E-state index contributed by atoms with van der Waals surface area (Å²) >= 11 is 0. The molecule has 0 radical (unpaired) electrons. The molecule has 0 saturated carbocycles. The van der Waals surface area contributed by atoms with Gasteiger partial charge in [-0.05, 0) is 16.5 Å². The molecule has 1 aliphatic heterocycles. The van der Waals surface area contributed by atoms with Crippen LogP contribution in [0.3, 0.4) is 0 Å². The van der Waals surface area contributed by atoms with Crippen LogP contribution in [0.4, 0.5) is 0 Å². The van der Waals surface area contributed by atoms with Crippen LogP contribution in [0.2, 0.25) is 0 Å². The van der Waals surface area contributed by atoms with E-state index >= 15 is 0 Å². The second-order valence-corrected chi connectivity index (χ2v) is 7.99. The first-order valence-electron chi connectivity index (χ1n) is 7.10. The zero-order valence-electron chi connectivity index (χ0n) is 13.0. The predicted molar refractivity (Wildman–Crippen MR) is 84.7 cm³/mol. The quantitative estimate of drug-likeness (QED) is 0.848. The largest absolute Gasteiger partial charge is 0.468 e. The molecule has 0 bridgehead atoms. The van der Waals surface area contributed by atoms with Crippen molar-refractivity contribution in [1.82, 2.24) is 5.32 Å². The van der Waals surface area contributed by atoms with E-state index in [1.54, 1.807) is 0 Å². The number of benzene rings is 1. The molecule has 5 heteroatoms. The number of rotatable bonds is 2. The van der Waals surface area contributed by atoms with Crippen molar-refractivity contribution in [3.8, 4) is 0 Å². The lowest BCUT2D eigenvalue weighted by Crippen LogP contribution is -2.49. The lowest BCUT2D eigenvalue weighted by Gasteiger charge is -2.29. The molecule has 1 heterocycles. The molecule has 1 saturated heterocycles. The minimum absolute atomic E-state index is 0.0716. The average Bonchev–Trinajstić information content (AvgIpc) is 2.45. The monoisotopic (exact) mass is 309 g/mol. The fourth-order valence-corrected chi connectivity index (χ4v) is 3.87. The number of hydrogen-bond donors (Lipinski definition) is 1. The molecule has 1 fully saturated rings. The fourth-order valence-electron chi connectivity index (χ4n) is 2.47. The van der Waals surface area contributed by atoms with Gasteiger partial charge >= 0.3 is 5.97 Å². The molecule has 3 atom stereocenters. The highest BCUT2D eigenvalue weighted by atomic mass is 32.2. The average molecular weight is 309 g/mol. The Labute approximate surface area is 128 Å². The molecule has 21 heavy (non-hydrogen) atoms. The van der Waals surface area contributed by atoms with Gasteiger partial charge in [-0.15, -0.1) is 0 Å². The summed E-state index contributed by atoms with van der Waals surface area (Å²) in [6.07, 6.45) is 0. The Balaban J connectivity index is 2.17. The lowest BCUT2D eigenvalue weighted by atomic mass is 9.86. The third-order valence-electron chi connectivity index (χ3n) is 3.77. The van der Waals surface area contributed by atoms with Gasteiger partial charge in [0.05, 0.1) is 7.11 Å². The Hall–Kier alpha value is -1.20. The van der Waals surface area contributed by atoms with E-state index in [1.807, 2.05) is 0 Å². The van der Waals surface area contributed by atoms with E-state index in [9.17, 15) is 9.00 Å². The third-order valence-corrected chi connectivity index (χ3v) is 5.18. The zero-order chi connectivity index (χ0) is 15.6. The number of ether oxygens (including phenoxy) is 1.